The molecule has 4 heteroatoms. The highest BCUT2D eigenvalue weighted by Gasteiger charge is 2.31. The summed E-state index contributed by atoms with van der Waals surface area (Å²) in [4.78, 5) is 11.4. The van der Waals surface area contributed by atoms with Gasteiger partial charge in [-0.1, -0.05) is 65.5 Å². The number of rotatable bonds is 17. The van der Waals surface area contributed by atoms with Gasteiger partial charge < -0.3 is 19.5 Å². The van der Waals surface area contributed by atoms with Crippen molar-refractivity contribution < 1.29 is 19.5 Å². The van der Waals surface area contributed by atoms with Crippen molar-refractivity contribution in [1.29, 1.82) is 0 Å². The van der Waals surface area contributed by atoms with Crippen LogP contribution in [0.25, 0.3) is 0 Å². The number of aliphatic carboxylic acids is 1. The van der Waals surface area contributed by atoms with Gasteiger partial charge in [-0.15, -0.1) is 0 Å². The van der Waals surface area contributed by atoms with Crippen LogP contribution in [0.5, 0.6) is 0 Å². The zero-order valence-electron chi connectivity index (χ0n) is 17.7. The molecule has 0 spiro atoms. The maximum Gasteiger partial charge on any atom is 0.121 e. The minimum Gasteiger partial charge on any atom is -0.550 e. The highest BCUT2D eigenvalue weighted by molar-refractivity contribution is 5.67. The number of carboxylic acid groups (broad SMARTS) is 1. The highest BCUT2D eigenvalue weighted by atomic mass is 16.4. The summed E-state index contributed by atoms with van der Waals surface area (Å²) in [6.45, 7) is 11.3. The predicted molar refractivity (Wildman–Crippen MR) is 108 cm³/mol. The molecule has 0 bridgehead atoms. The van der Waals surface area contributed by atoms with E-state index in [0.29, 0.717) is 17.6 Å². The van der Waals surface area contributed by atoms with Crippen molar-refractivity contribution in [3.63, 3.8) is 0 Å². The van der Waals surface area contributed by atoms with E-state index in [1.54, 1.807) is 6.92 Å². The van der Waals surface area contributed by atoms with E-state index in [4.69, 9.17) is 0 Å². The number of hydrogen-bond donors (Lipinski definition) is 1. The molecule has 0 aromatic carbocycles. The van der Waals surface area contributed by atoms with Crippen LogP contribution in [0.2, 0.25) is 0 Å². The van der Waals surface area contributed by atoms with E-state index >= 15 is 0 Å². The van der Waals surface area contributed by atoms with Gasteiger partial charge in [-0.05, 0) is 32.1 Å². The first-order valence-corrected chi connectivity index (χ1v) is 10.8. The van der Waals surface area contributed by atoms with Crippen LogP contribution in [-0.4, -0.2) is 47.8 Å². The lowest BCUT2D eigenvalue weighted by Gasteiger charge is -2.42. The summed E-state index contributed by atoms with van der Waals surface area (Å²) >= 11 is 0. The minimum atomic E-state index is -0.980. The smallest absolute Gasteiger partial charge is 0.121 e. The Hall–Kier alpha value is -0.870. The number of aliphatic hydroxyl groups is 1. The van der Waals surface area contributed by atoms with Crippen molar-refractivity contribution in [1.82, 2.24) is 0 Å². The van der Waals surface area contributed by atoms with Gasteiger partial charge >= 0.3 is 0 Å². The fourth-order valence-electron chi connectivity index (χ4n) is 3.63. The number of aliphatic hydroxyl groups excluding tert-OH is 1. The Bertz CT molecular complexity index is 372. The standard InChI is InChI=1S/C22H43NO3/c1-5-8-11-12-15-21(24)19-23(16-13-9-6-2,17-14-10-7-3)18-20(4)22(25)26/h12,15,20-21,24H,5-11,13-14,16-19H2,1-4H3/b15-12+. The number of carbonyl (C=O) groups is 1. The molecule has 26 heavy (non-hydrogen) atoms. The molecule has 0 aliphatic heterocycles. The molecule has 0 saturated carbocycles. The van der Waals surface area contributed by atoms with Crippen LogP contribution in [0.15, 0.2) is 12.2 Å². The summed E-state index contributed by atoms with van der Waals surface area (Å²) in [6.07, 6.45) is 13.5. The third-order valence-corrected chi connectivity index (χ3v) is 5.19. The summed E-state index contributed by atoms with van der Waals surface area (Å²) in [5, 5.41) is 22.0. The summed E-state index contributed by atoms with van der Waals surface area (Å²) in [5.74, 6) is -1.47. The zero-order chi connectivity index (χ0) is 19.8. The topological polar surface area (TPSA) is 60.4 Å². The van der Waals surface area contributed by atoms with Crippen molar-refractivity contribution in [2.75, 3.05) is 26.2 Å². The van der Waals surface area contributed by atoms with Crippen molar-refractivity contribution in [2.45, 2.75) is 91.6 Å². The summed E-state index contributed by atoms with van der Waals surface area (Å²) < 4.78 is 0.689. The van der Waals surface area contributed by atoms with Crippen molar-refractivity contribution in [3.05, 3.63) is 12.2 Å². The average molecular weight is 370 g/mol. The van der Waals surface area contributed by atoms with Crippen LogP contribution in [0.3, 0.4) is 0 Å². The monoisotopic (exact) mass is 369 g/mol. The first-order valence-electron chi connectivity index (χ1n) is 10.8. The molecule has 0 heterocycles. The average Bonchev–Trinajstić information content (AvgIpc) is 2.59. The fourth-order valence-corrected chi connectivity index (χ4v) is 3.63. The first kappa shape index (κ1) is 25.1. The molecule has 0 rings (SSSR count). The molecular formula is C22H43NO3. The lowest BCUT2D eigenvalue weighted by molar-refractivity contribution is -0.932. The largest absolute Gasteiger partial charge is 0.550 e. The predicted octanol–water partition coefficient (Wildman–Crippen LogP) is 3.68. The molecule has 2 unspecified atom stereocenters. The molecule has 0 fully saturated rings. The Kier molecular flexibility index (Phi) is 14.7. The van der Waals surface area contributed by atoms with Gasteiger partial charge in [-0.2, -0.15) is 0 Å². The Balaban J connectivity index is 5.16. The minimum absolute atomic E-state index is 0.491. The van der Waals surface area contributed by atoms with Gasteiger partial charge in [-0.3, -0.25) is 0 Å². The number of allylic oxidation sites excluding steroid dienone is 1. The van der Waals surface area contributed by atoms with Crippen LogP contribution in [0, 0.1) is 5.92 Å². The van der Waals surface area contributed by atoms with Gasteiger partial charge in [-0.25, -0.2) is 0 Å². The number of carboxylic acids is 1. The molecule has 0 aromatic heterocycles. The van der Waals surface area contributed by atoms with Crippen LogP contribution >= 0.6 is 0 Å². The maximum atomic E-state index is 11.4. The highest BCUT2D eigenvalue weighted by Crippen LogP contribution is 2.19. The molecule has 1 N–H and O–H groups in total. The summed E-state index contributed by atoms with van der Waals surface area (Å²) in [7, 11) is 0. The Labute approximate surface area is 161 Å². The third-order valence-electron chi connectivity index (χ3n) is 5.19. The van der Waals surface area contributed by atoms with E-state index in [1.807, 2.05) is 6.08 Å². The van der Waals surface area contributed by atoms with E-state index in [1.165, 1.54) is 0 Å². The molecule has 4 nitrogen and oxygen atoms in total. The lowest BCUT2D eigenvalue weighted by atomic mass is 10.1. The number of nitrogens with zero attached hydrogens (tertiary/aromatic N) is 1. The van der Waals surface area contributed by atoms with Crippen molar-refractivity contribution >= 4 is 5.97 Å². The fraction of sp³-hybridized carbons (Fsp3) is 0.864. The SMILES string of the molecule is CCCC/C=C/C(O)C[N+](CCCCC)(CCCCC)CC(C)C(=O)[O-]. The summed E-state index contributed by atoms with van der Waals surface area (Å²) in [5.41, 5.74) is 0. The van der Waals surface area contributed by atoms with E-state index < -0.39 is 18.0 Å². The zero-order valence-corrected chi connectivity index (χ0v) is 17.7. The van der Waals surface area contributed by atoms with E-state index in [0.717, 1.165) is 70.9 Å². The van der Waals surface area contributed by atoms with Gasteiger partial charge in [0.2, 0.25) is 0 Å². The second-order valence-electron chi connectivity index (χ2n) is 7.93. The summed E-state index contributed by atoms with van der Waals surface area (Å²) in [6, 6.07) is 0. The molecule has 0 aliphatic carbocycles. The quantitative estimate of drug-likeness (QED) is 0.242. The molecule has 154 valence electrons. The Morgan fingerprint density at radius 2 is 1.50 bits per heavy atom. The molecular weight excluding hydrogens is 326 g/mol. The van der Waals surface area contributed by atoms with Gasteiger partial charge in [0.05, 0.1) is 19.6 Å². The first-order chi connectivity index (χ1) is 12.4. The van der Waals surface area contributed by atoms with Gasteiger partial charge in [0.1, 0.15) is 12.6 Å². The molecule has 0 aliphatic rings. The van der Waals surface area contributed by atoms with Gasteiger partial charge in [0.15, 0.2) is 0 Å². The number of unbranched alkanes of at least 4 members (excludes halogenated alkanes) is 6. The molecule has 0 aromatic rings. The van der Waals surface area contributed by atoms with Crippen molar-refractivity contribution in [3.8, 4) is 0 Å². The van der Waals surface area contributed by atoms with Crippen LogP contribution in [-0.2, 0) is 4.79 Å². The van der Waals surface area contributed by atoms with E-state index in [2.05, 4.69) is 26.8 Å². The van der Waals surface area contributed by atoms with Crippen LogP contribution < -0.4 is 5.11 Å². The van der Waals surface area contributed by atoms with Crippen LogP contribution in [0.4, 0.5) is 0 Å². The number of carbonyl (C=O) groups excluding carboxylic acids is 1. The van der Waals surface area contributed by atoms with Gasteiger partial charge in [0, 0.05) is 11.9 Å². The molecule has 0 radical (unpaired) electrons. The third kappa shape index (κ3) is 11.7. The second kappa shape index (κ2) is 15.2. The van der Waals surface area contributed by atoms with E-state index in [9.17, 15) is 15.0 Å². The lowest BCUT2D eigenvalue weighted by Crippen LogP contribution is -2.57. The second-order valence-corrected chi connectivity index (χ2v) is 7.93. The molecule has 2 atom stereocenters. The number of hydrogen-bond acceptors (Lipinski definition) is 3. The van der Waals surface area contributed by atoms with Gasteiger partial charge in [0.25, 0.3) is 0 Å². The van der Waals surface area contributed by atoms with Crippen molar-refractivity contribution in [2.24, 2.45) is 5.92 Å². The Morgan fingerprint density at radius 3 is 1.96 bits per heavy atom. The molecule has 0 amide bonds. The van der Waals surface area contributed by atoms with E-state index in [-0.39, 0.29) is 0 Å². The normalized spacial score (nSPS) is 14.7. The Morgan fingerprint density at radius 1 is 0.962 bits per heavy atom. The number of quaternary nitrogens is 1. The van der Waals surface area contributed by atoms with Crippen LogP contribution in [0.1, 0.15) is 85.5 Å². The maximum absolute atomic E-state index is 11.4. The molecule has 0 saturated heterocycles.